The first-order chi connectivity index (χ1) is 16.9. The number of ether oxygens (including phenoxy) is 2. The Kier molecular flexibility index (Phi) is 6.66. The van der Waals surface area contributed by atoms with Crippen LogP contribution in [0.1, 0.15) is 106 Å². The van der Waals surface area contributed by atoms with Crippen molar-refractivity contribution < 1.29 is 24.2 Å². The van der Waals surface area contributed by atoms with Crippen LogP contribution in [0.5, 0.6) is 0 Å². The van der Waals surface area contributed by atoms with Crippen LogP contribution in [-0.4, -0.2) is 29.4 Å². The summed E-state index contributed by atoms with van der Waals surface area (Å²) in [6.45, 7) is 12.7. The summed E-state index contributed by atoms with van der Waals surface area (Å²) in [5.74, 6) is 2.22. The van der Waals surface area contributed by atoms with Gasteiger partial charge in [-0.3, -0.25) is 9.59 Å². The van der Waals surface area contributed by atoms with Gasteiger partial charge in [-0.1, -0.05) is 52.2 Å². The van der Waals surface area contributed by atoms with E-state index in [4.69, 9.17) is 9.47 Å². The molecule has 5 heteroatoms. The number of aliphatic hydroxyl groups is 1. The molecule has 5 rings (SSSR count). The molecule has 0 bridgehead atoms. The zero-order valence-electron chi connectivity index (χ0n) is 23.3. The van der Waals surface area contributed by atoms with Gasteiger partial charge in [0.15, 0.2) is 0 Å². The van der Waals surface area contributed by atoms with Crippen molar-refractivity contribution in [3.05, 3.63) is 11.6 Å². The average Bonchev–Trinajstić information content (AvgIpc) is 2.80. The minimum absolute atomic E-state index is 0.152. The summed E-state index contributed by atoms with van der Waals surface area (Å²) in [6.07, 6.45) is 12.1. The monoisotopic (exact) mass is 500 g/mol. The first-order valence-electron chi connectivity index (χ1n) is 14.7. The Bertz CT molecular complexity index is 926. The zero-order chi connectivity index (χ0) is 26.0. The number of esters is 2. The van der Waals surface area contributed by atoms with Gasteiger partial charge in [-0.15, -0.1) is 0 Å². The third-order valence-electron chi connectivity index (χ3n) is 12.1. The quantitative estimate of drug-likeness (QED) is 0.275. The number of carbonyl (C=O) groups excluding carboxylic acids is 2. The normalized spacial score (nSPS) is 48.8. The number of hydrogen-bond donors (Lipinski definition) is 1. The van der Waals surface area contributed by atoms with Crippen molar-refractivity contribution in [2.24, 2.45) is 51.8 Å². The largest absolute Gasteiger partial charge is 0.426 e. The summed E-state index contributed by atoms with van der Waals surface area (Å²) in [7, 11) is 0. The second-order valence-electron chi connectivity index (χ2n) is 13.8. The molecule has 202 valence electrons. The van der Waals surface area contributed by atoms with E-state index in [0.717, 1.165) is 51.4 Å². The molecule has 36 heavy (non-hydrogen) atoms. The van der Waals surface area contributed by atoms with Crippen LogP contribution in [0.3, 0.4) is 0 Å². The lowest BCUT2D eigenvalue weighted by Crippen LogP contribution is -2.60. The van der Waals surface area contributed by atoms with Crippen molar-refractivity contribution in [1.82, 2.24) is 0 Å². The average molecular weight is 501 g/mol. The van der Waals surface area contributed by atoms with Crippen molar-refractivity contribution in [3.63, 3.8) is 0 Å². The summed E-state index contributed by atoms with van der Waals surface area (Å²) in [6, 6.07) is 0. The molecule has 0 spiro atoms. The van der Waals surface area contributed by atoms with Crippen LogP contribution < -0.4 is 0 Å². The van der Waals surface area contributed by atoms with Crippen LogP contribution in [0.15, 0.2) is 11.6 Å². The standard InChI is InChI=1S/C31H48O5/c1-18-8-7-14-31(28(34)36-21(4)35-20(3)32)17-12-24-22(27(18)31)9-10-26-29(5)16-13-25(33)19(2)23(29)11-15-30(24,26)6/h9,18-19,21,23-27,33H,7-8,10-17H2,1-6H3. The Hall–Kier alpha value is -1.36. The summed E-state index contributed by atoms with van der Waals surface area (Å²) in [5.41, 5.74) is 1.56. The third kappa shape index (κ3) is 3.81. The van der Waals surface area contributed by atoms with E-state index in [2.05, 4.69) is 33.8 Å². The summed E-state index contributed by atoms with van der Waals surface area (Å²) < 4.78 is 11.0. The van der Waals surface area contributed by atoms with E-state index >= 15 is 0 Å². The molecule has 0 aromatic heterocycles. The predicted molar refractivity (Wildman–Crippen MR) is 139 cm³/mol. The van der Waals surface area contributed by atoms with Crippen LogP contribution in [-0.2, 0) is 19.1 Å². The predicted octanol–water partition coefficient (Wildman–Crippen LogP) is 6.43. The van der Waals surface area contributed by atoms with Crippen molar-refractivity contribution >= 4 is 11.9 Å². The van der Waals surface area contributed by atoms with E-state index in [1.807, 2.05) is 0 Å². The van der Waals surface area contributed by atoms with Crippen molar-refractivity contribution in [3.8, 4) is 0 Å². The van der Waals surface area contributed by atoms with Gasteiger partial charge in [-0.2, -0.15) is 0 Å². The molecule has 0 saturated heterocycles. The fourth-order valence-electron chi connectivity index (χ4n) is 10.6. The lowest BCUT2D eigenvalue weighted by atomic mass is 9.38. The molecule has 11 unspecified atom stereocenters. The van der Waals surface area contributed by atoms with E-state index in [9.17, 15) is 14.7 Å². The number of fused-ring (bicyclic) bond motifs is 7. The summed E-state index contributed by atoms with van der Waals surface area (Å²) in [4.78, 5) is 25.2. The minimum Gasteiger partial charge on any atom is -0.426 e. The van der Waals surface area contributed by atoms with Gasteiger partial charge in [0.2, 0.25) is 6.29 Å². The molecule has 0 radical (unpaired) electrons. The molecule has 0 aromatic rings. The molecule has 5 nitrogen and oxygen atoms in total. The van der Waals surface area contributed by atoms with E-state index in [-0.39, 0.29) is 28.8 Å². The third-order valence-corrected chi connectivity index (χ3v) is 12.1. The highest BCUT2D eigenvalue weighted by atomic mass is 16.7. The van der Waals surface area contributed by atoms with Crippen molar-refractivity contribution in [2.75, 3.05) is 0 Å². The Morgan fingerprint density at radius 1 is 1.00 bits per heavy atom. The van der Waals surface area contributed by atoms with Crippen LogP contribution in [0.4, 0.5) is 0 Å². The van der Waals surface area contributed by atoms with Crippen molar-refractivity contribution in [1.29, 1.82) is 0 Å². The lowest BCUT2D eigenvalue weighted by Gasteiger charge is -2.66. The van der Waals surface area contributed by atoms with Gasteiger partial charge in [-0.05, 0) is 97.7 Å². The Morgan fingerprint density at radius 3 is 2.44 bits per heavy atom. The van der Waals surface area contributed by atoms with Gasteiger partial charge in [0.1, 0.15) is 0 Å². The first kappa shape index (κ1) is 26.3. The highest BCUT2D eigenvalue weighted by Gasteiger charge is 2.64. The maximum absolute atomic E-state index is 13.8. The Labute approximate surface area is 217 Å². The SMILES string of the molecule is CC(=O)OC(C)OC(=O)C12CCCC(C)C1C1=CCC3C(C)(CCC4C(C)C(O)CCC43C)C1CC2. The molecular formula is C31H48O5. The molecule has 5 aliphatic rings. The number of allylic oxidation sites excluding steroid dienone is 2. The van der Waals surface area contributed by atoms with E-state index in [1.165, 1.54) is 25.3 Å². The molecule has 0 aromatic carbocycles. The number of carbonyl (C=O) groups is 2. The fraction of sp³-hybridized carbons (Fsp3) is 0.871. The first-order valence-corrected chi connectivity index (χ1v) is 14.7. The number of hydrogen-bond acceptors (Lipinski definition) is 5. The lowest BCUT2D eigenvalue weighted by molar-refractivity contribution is -0.200. The molecule has 4 saturated carbocycles. The molecule has 11 atom stereocenters. The Morgan fingerprint density at radius 2 is 1.72 bits per heavy atom. The highest BCUT2D eigenvalue weighted by molar-refractivity contribution is 5.79. The molecule has 4 fully saturated rings. The minimum atomic E-state index is -0.846. The molecule has 1 N–H and O–H groups in total. The number of rotatable bonds is 3. The zero-order valence-corrected chi connectivity index (χ0v) is 23.3. The van der Waals surface area contributed by atoms with Crippen molar-refractivity contribution in [2.45, 2.75) is 118 Å². The van der Waals surface area contributed by atoms with E-state index in [0.29, 0.717) is 29.6 Å². The van der Waals surface area contributed by atoms with E-state index in [1.54, 1.807) is 6.92 Å². The smallest absolute Gasteiger partial charge is 0.315 e. The second-order valence-corrected chi connectivity index (χ2v) is 13.8. The maximum Gasteiger partial charge on any atom is 0.315 e. The van der Waals surface area contributed by atoms with Gasteiger partial charge >= 0.3 is 11.9 Å². The van der Waals surface area contributed by atoms with Gasteiger partial charge in [0.05, 0.1) is 11.5 Å². The van der Waals surface area contributed by atoms with E-state index < -0.39 is 17.7 Å². The molecule has 0 amide bonds. The number of aliphatic hydroxyl groups excluding tert-OH is 1. The van der Waals surface area contributed by atoms with Gasteiger partial charge in [0, 0.05) is 13.8 Å². The molecule has 0 aliphatic heterocycles. The van der Waals surface area contributed by atoms with Gasteiger partial charge < -0.3 is 14.6 Å². The second kappa shape index (κ2) is 9.13. The highest BCUT2D eigenvalue weighted by Crippen LogP contribution is 2.70. The van der Waals surface area contributed by atoms with Gasteiger partial charge in [-0.25, -0.2) is 0 Å². The Balaban J connectivity index is 1.47. The summed E-state index contributed by atoms with van der Waals surface area (Å²) in [5, 5.41) is 10.6. The van der Waals surface area contributed by atoms with Crippen LogP contribution in [0, 0.1) is 51.8 Å². The summed E-state index contributed by atoms with van der Waals surface area (Å²) >= 11 is 0. The van der Waals surface area contributed by atoms with Crippen LogP contribution in [0.25, 0.3) is 0 Å². The van der Waals surface area contributed by atoms with Gasteiger partial charge in [0.25, 0.3) is 0 Å². The molecule has 5 aliphatic carbocycles. The molecule has 0 heterocycles. The maximum atomic E-state index is 13.8. The van der Waals surface area contributed by atoms with Crippen LogP contribution in [0.2, 0.25) is 0 Å². The molecular weight excluding hydrogens is 452 g/mol. The fourth-order valence-corrected chi connectivity index (χ4v) is 10.6. The van der Waals surface area contributed by atoms with Crippen LogP contribution >= 0.6 is 0 Å². The topological polar surface area (TPSA) is 72.8 Å².